The standard InChI is InChI=1S/C23H31N3O3/c1-29-21-12-18-14-26(15-22(27)24-19-9-3-2-4-10-19)13-17(18)11-20(21)25-23(28)16-7-5-6-8-16/h2-6,9-10,16-18,20-21H,7-8,11-15H2,1H3,(H,24,27)(H,25,28)/t17-,18+,20-,21-/m0/s1. The molecule has 2 fully saturated rings. The van der Waals surface area contributed by atoms with Crippen LogP contribution >= 0.6 is 0 Å². The van der Waals surface area contributed by atoms with Gasteiger partial charge in [0.05, 0.1) is 18.7 Å². The monoisotopic (exact) mass is 397 g/mol. The minimum absolute atomic E-state index is 0.0247. The topological polar surface area (TPSA) is 70.7 Å². The molecule has 4 atom stereocenters. The Bertz CT molecular complexity index is 743. The average Bonchev–Trinajstić information content (AvgIpc) is 3.37. The molecule has 3 aliphatic rings. The zero-order chi connectivity index (χ0) is 20.2. The molecule has 0 spiro atoms. The summed E-state index contributed by atoms with van der Waals surface area (Å²) in [6.07, 6.45) is 7.76. The molecule has 1 aliphatic heterocycles. The second kappa shape index (κ2) is 9.09. The maximum absolute atomic E-state index is 12.6. The third-order valence-corrected chi connectivity index (χ3v) is 6.63. The Morgan fingerprint density at radius 3 is 2.45 bits per heavy atom. The van der Waals surface area contributed by atoms with Gasteiger partial charge in [-0.15, -0.1) is 0 Å². The van der Waals surface area contributed by atoms with E-state index in [-0.39, 0.29) is 29.9 Å². The number of benzene rings is 1. The molecule has 2 amide bonds. The van der Waals surface area contributed by atoms with Gasteiger partial charge >= 0.3 is 0 Å². The Hall–Kier alpha value is -2.18. The van der Waals surface area contributed by atoms with Crippen LogP contribution in [0.15, 0.2) is 42.5 Å². The Morgan fingerprint density at radius 2 is 1.76 bits per heavy atom. The van der Waals surface area contributed by atoms with Crippen molar-refractivity contribution in [1.82, 2.24) is 10.2 Å². The number of hydrogen-bond acceptors (Lipinski definition) is 4. The van der Waals surface area contributed by atoms with Crippen molar-refractivity contribution < 1.29 is 14.3 Å². The molecule has 1 saturated carbocycles. The third-order valence-electron chi connectivity index (χ3n) is 6.63. The summed E-state index contributed by atoms with van der Waals surface area (Å²) >= 11 is 0. The van der Waals surface area contributed by atoms with E-state index in [1.54, 1.807) is 7.11 Å². The number of methoxy groups -OCH3 is 1. The quantitative estimate of drug-likeness (QED) is 0.724. The van der Waals surface area contributed by atoms with E-state index in [0.717, 1.165) is 44.5 Å². The molecule has 0 aromatic heterocycles. The molecule has 1 heterocycles. The van der Waals surface area contributed by atoms with E-state index < -0.39 is 0 Å². The van der Waals surface area contributed by atoms with Crippen LogP contribution in [0.4, 0.5) is 5.69 Å². The molecule has 156 valence electrons. The van der Waals surface area contributed by atoms with Crippen molar-refractivity contribution in [1.29, 1.82) is 0 Å². The summed E-state index contributed by atoms with van der Waals surface area (Å²) in [6, 6.07) is 9.64. The lowest BCUT2D eigenvalue weighted by molar-refractivity contribution is -0.127. The maximum Gasteiger partial charge on any atom is 0.238 e. The van der Waals surface area contributed by atoms with E-state index in [2.05, 4.69) is 27.7 Å². The Labute approximate surface area is 172 Å². The predicted octanol–water partition coefficient (Wildman–Crippen LogP) is 2.43. The van der Waals surface area contributed by atoms with Crippen LogP contribution in [-0.2, 0) is 14.3 Å². The molecule has 1 aromatic rings. The number of nitrogens with one attached hydrogen (secondary N) is 2. The summed E-state index contributed by atoms with van der Waals surface area (Å²) in [5.74, 6) is 1.27. The van der Waals surface area contributed by atoms with Gasteiger partial charge in [0.15, 0.2) is 0 Å². The van der Waals surface area contributed by atoms with Crippen molar-refractivity contribution in [3.63, 3.8) is 0 Å². The average molecular weight is 398 g/mol. The number of ether oxygens (including phenoxy) is 1. The van der Waals surface area contributed by atoms with Crippen LogP contribution in [0.2, 0.25) is 0 Å². The number of nitrogens with zero attached hydrogens (tertiary/aromatic N) is 1. The van der Waals surface area contributed by atoms with Gasteiger partial charge in [0.25, 0.3) is 0 Å². The van der Waals surface area contributed by atoms with Gasteiger partial charge in [0, 0.05) is 31.8 Å². The van der Waals surface area contributed by atoms with E-state index in [4.69, 9.17) is 4.74 Å². The first-order valence-electron chi connectivity index (χ1n) is 10.7. The van der Waals surface area contributed by atoms with Crippen LogP contribution in [-0.4, -0.2) is 55.6 Å². The van der Waals surface area contributed by atoms with Gasteiger partial charge in [-0.25, -0.2) is 0 Å². The van der Waals surface area contributed by atoms with Crippen LogP contribution in [0.3, 0.4) is 0 Å². The van der Waals surface area contributed by atoms with E-state index in [9.17, 15) is 9.59 Å². The van der Waals surface area contributed by atoms with Gasteiger partial charge in [0.1, 0.15) is 0 Å². The van der Waals surface area contributed by atoms with Crippen molar-refractivity contribution in [2.75, 3.05) is 32.1 Å². The summed E-state index contributed by atoms with van der Waals surface area (Å²) in [6.45, 7) is 2.23. The summed E-state index contributed by atoms with van der Waals surface area (Å²) in [7, 11) is 1.74. The number of anilines is 1. The van der Waals surface area contributed by atoms with E-state index in [1.807, 2.05) is 30.3 Å². The van der Waals surface area contributed by atoms with Crippen LogP contribution in [0.1, 0.15) is 25.7 Å². The molecule has 1 saturated heterocycles. The predicted molar refractivity (Wildman–Crippen MR) is 112 cm³/mol. The fourth-order valence-electron chi connectivity index (χ4n) is 5.11. The second-order valence-electron chi connectivity index (χ2n) is 8.63. The van der Waals surface area contributed by atoms with Gasteiger partial charge in [-0.2, -0.15) is 0 Å². The molecule has 0 bridgehead atoms. The van der Waals surface area contributed by atoms with Crippen molar-refractivity contribution >= 4 is 17.5 Å². The minimum Gasteiger partial charge on any atom is -0.379 e. The Morgan fingerprint density at radius 1 is 1.07 bits per heavy atom. The summed E-state index contributed by atoms with van der Waals surface area (Å²) in [5.41, 5.74) is 0.831. The highest BCUT2D eigenvalue weighted by Gasteiger charge is 2.43. The first kappa shape index (κ1) is 20.1. The van der Waals surface area contributed by atoms with Crippen molar-refractivity contribution in [3.8, 4) is 0 Å². The number of hydrogen-bond donors (Lipinski definition) is 2. The largest absolute Gasteiger partial charge is 0.379 e. The van der Waals surface area contributed by atoms with Gasteiger partial charge in [-0.05, 0) is 49.7 Å². The molecule has 6 heteroatoms. The number of para-hydroxylation sites is 1. The lowest BCUT2D eigenvalue weighted by atomic mass is 9.77. The summed E-state index contributed by atoms with van der Waals surface area (Å²) in [5, 5.41) is 6.23. The minimum atomic E-state index is 0.0247. The zero-order valence-electron chi connectivity index (χ0n) is 17.0. The first-order chi connectivity index (χ1) is 14.1. The first-order valence-corrected chi connectivity index (χ1v) is 10.7. The summed E-state index contributed by atoms with van der Waals surface area (Å²) < 4.78 is 5.74. The van der Waals surface area contributed by atoms with Gasteiger partial charge in [-0.3, -0.25) is 14.5 Å². The SMILES string of the molecule is CO[C@H]1C[C@@H]2CN(CC(=O)Nc3ccccc3)C[C@@H]2C[C@@H]1NC(=O)C1CC=CC1. The summed E-state index contributed by atoms with van der Waals surface area (Å²) in [4.78, 5) is 27.2. The Balaban J connectivity index is 1.30. The van der Waals surface area contributed by atoms with Crippen molar-refractivity contribution in [2.24, 2.45) is 17.8 Å². The molecule has 0 unspecified atom stereocenters. The molecule has 2 aliphatic carbocycles. The lowest BCUT2D eigenvalue weighted by Gasteiger charge is -2.38. The molecule has 6 nitrogen and oxygen atoms in total. The molecular weight excluding hydrogens is 366 g/mol. The molecule has 2 N–H and O–H groups in total. The van der Waals surface area contributed by atoms with Crippen LogP contribution in [0, 0.1) is 17.8 Å². The fourth-order valence-corrected chi connectivity index (χ4v) is 5.11. The van der Waals surface area contributed by atoms with Crippen LogP contribution < -0.4 is 10.6 Å². The highest BCUT2D eigenvalue weighted by Crippen LogP contribution is 2.37. The number of allylic oxidation sites excluding steroid dienone is 2. The number of carbonyl (C=O) groups excluding carboxylic acids is 2. The highest BCUT2D eigenvalue weighted by atomic mass is 16.5. The molecule has 1 aromatic carbocycles. The maximum atomic E-state index is 12.6. The highest BCUT2D eigenvalue weighted by molar-refractivity contribution is 5.92. The fraction of sp³-hybridized carbons (Fsp3) is 0.565. The second-order valence-corrected chi connectivity index (χ2v) is 8.63. The Kier molecular flexibility index (Phi) is 6.31. The normalized spacial score (nSPS) is 29.6. The van der Waals surface area contributed by atoms with E-state index in [0.29, 0.717) is 18.4 Å². The van der Waals surface area contributed by atoms with Gasteiger partial charge in [-0.1, -0.05) is 30.4 Å². The number of carbonyl (C=O) groups is 2. The van der Waals surface area contributed by atoms with Gasteiger partial charge in [0.2, 0.25) is 11.8 Å². The van der Waals surface area contributed by atoms with Gasteiger partial charge < -0.3 is 15.4 Å². The third kappa shape index (κ3) is 4.87. The molecule has 4 rings (SSSR count). The van der Waals surface area contributed by atoms with Crippen molar-refractivity contribution in [2.45, 2.75) is 37.8 Å². The smallest absolute Gasteiger partial charge is 0.238 e. The molecule has 29 heavy (non-hydrogen) atoms. The van der Waals surface area contributed by atoms with Crippen LogP contribution in [0.25, 0.3) is 0 Å². The van der Waals surface area contributed by atoms with Crippen molar-refractivity contribution in [3.05, 3.63) is 42.5 Å². The van der Waals surface area contributed by atoms with E-state index in [1.165, 1.54) is 0 Å². The van der Waals surface area contributed by atoms with Crippen LogP contribution in [0.5, 0.6) is 0 Å². The zero-order valence-corrected chi connectivity index (χ0v) is 17.0. The lowest BCUT2D eigenvalue weighted by Crippen LogP contribution is -2.51. The molecule has 0 radical (unpaired) electrons. The number of likely N-dealkylation sites (tertiary alicyclic amines) is 1. The number of rotatable bonds is 6. The molecular formula is C23H31N3O3. The number of amides is 2. The van der Waals surface area contributed by atoms with E-state index >= 15 is 0 Å². The number of fused-ring (bicyclic) bond motifs is 1.